The van der Waals surface area contributed by atoms with Crippen molar-refractivity contribution in [2.45, 2.75) is 0 Å². The van der Waals surface area contributed by atoms with E-state index in [1.54, 1.807) is 12.1 Å². The molecule has 0 bridgehead atoms. The molecule has 0 unspecified atom stereocenters. The Balaban J connectivity index is 2.07. The van der Waals surface area contributed by atoms with Gasteiger partial charge >= 0.3 is 0 Å². The number of anilines is 1. The van der Waals surface area contributed by atoms with E-state index in [1.165, 1.54) is 11.3 Å². The standard InChI is InChI=1S/C17H13N3OS/c18-13-9-5-4-8-12(13)15(19)17-20-14(10-21)16(22-17)11-6-2-1-3-7-11/h1-10,19H,18H2. The Labute approximate surface area is 131 Å². The van der Waals surface area contributed by atoms with Gasteiger partial charge in [-0.25, -0.2) is 4.98 Å². The second-order valence-electron chi connectivity index (χ2n) is 4.68. The Morgan fingerprint density at radius 1 is 1.09 bits per heavy atom. The first-order valence-corrected chi connectivity index (χ1v) is 7.47. The molecule has 5 heteroatoms. The van der Waals surface area contributed by atoms with Crippen molar-refractivity contribution in [1.29, 1.82) is 5.41 Å². The molecule has 0 radical (unpaired) electrons. The number of nitrogen functional groups attached to an aromatic ring is 1. The van der Waals surface area contributed by atoms with E-state index in [0.29, 0.717) is 22.0 Å². The number of carbonyl (C=O) groups is 1. The first kappa shape index (κ1) is 14.2. The molecule has 0 amide bonds. The topological polar surface area (TPSA) is 79.8 Å². The van der Waals surface area contributed by atoms with Crippen molar-refractivity contribution in [2.75, 3.05) is 5.73 Å². The van der Waals surface area contributed by atoms with Crippen molar-refractivity contribution >= 4 is 29.0 Å². The van der Waals surface area contributed by atoms with E-state index < -0.39 is 0 Å². The molecule has 4 nitrogen and oxygen atoms in total. The first-order chi connectivity index (χ1) is 10.7. The molecule has 3 N–H and O–H groups in total. The van der Waals surface area contributed by atoms with E-state index in [9.17, 15) is 4.79 Å². The van der Waals surface area contributed by atoms with Crippen LogP contribution in [0, 0.1) is 5.41 Å². The maximum Gasteiger partial charge on any atom is 0.169 e. The lowest BCUT2D eigenvalue weighted by Crippen LogP contribution is -2.04. The molecule has 1 heterocycles. The van der Waals surface area contributed by atoms with Crippen LogP contribution in [-0.2, 0) is 0 Å². The smallest absolute Gasteiger partial charge is 0.169 e. The predicted molar refractivity (Wildman–Crippen MR) is 89.7 cm³/mol. The lowest BCUT2D eigenvalue weighted by molar-refractivity contribution is 0.112. The molecule has 0 atom stereocenters. The van der Waals surface area contributed by atoms with E-state index in [-0.39, 0.29) is 5.71 Å². The Morgan fingerprint density at radius 3 is 2.45 bits per heavy atom. The zero-order chi connectivity index (χ0) is 15.5. The van der Waals surface area contributed by atoms with Gasteiger partial charge in [0, 0.05) is 11.3 Å². The molecule has 0 saturated carbocycles. The van der Waals surface area contributed by atoms with Gasteiger partial charge in [-0.3, -0.25) is 10.2 Å². The third-order valence-electron chi connectivity index (χ3n) is 3.24. The molecule has 108 valence electrons. The number of nitrogens with two attached hydrogens (primary N) is 1. The van der Waals surface area contributed by atoms with Crippen LogP contribution in [0.1, 0.15) is 21.1 Å². The number of thiazole rings is 1. The van der Waals surface area contributed by atoms with Gasteiger partial charge in [-0.05, 0) is 11.6 Å². The van der Waals surface area contributed by atoms with Crippen LogP contribution >= 0.6 is 11.3 Å². The van der Waals surface area contributed by atoms with Gasteiger partial charge in [0.15, 0.2) is 6.29 Å². The van der Waals surface area contributed by atoms with E-state index >= 15 is 0 Å². The third kappa shape index (κ3) is 2.54. The summed E-state index contributed by atoms with van der Waals surface area (Å²) in [5.74, 6) is 0. The molecule has 3 aromatic rings. The van der Waals surface area contributed by atoms with Gasteiger partial charge in [0.25, 0.3) is 0 Å². The van der Waals surface area contributed by atoms with Crippen LogP contribution in [-0.4, -0.2) is 17.0 Å². The first-order valence-electron chi connectivity index (χ1n) is 6.66. The summed E-state index contributed by atoms with van der Waals surface area (Å²) in [5, 5.41) is 8.80. The second kappa shape index (κ2) is 5.91. The number of para-hydroxylation sites is 1. The summed E-state index contributed by atoms with van der Waals surface area (Å²) < 4.78 is 0. The summed E-state index contributed by atoms with van der Waals surface area (Å²) in [6.07, 6.45) is 0.726. The van der Waals surface area contributed by atoms with E-state index in [2.05, 4.69) is 4.98 Å². The van der Waals surface area contributed by atoms with Crippen LogP contribution in [0.3, 0.4) is 0 Å². The predicted octanol–water partition coefficient (Wildman–Crippen LogP) is 3.62. The van der Waals surface area contributed by atoms with Crippen molar-refractivity contribution < 1.29 is 4.79 Å². The molecule has 2 aromatic carbocycles. The average molecular weight is 307 g/mol. The van der Waals surface area contributed by atoms with Crippen LogP contribution in [0.15, 0.2) is 54.6 Å². The maximum atomic E-state index is 11.3. The van der Waals surface area contributed by atoms with Gasteiger partial charge in [0.05, 0.1) is 10.6 Å². The molecular formula is C17H13N3OS. The van der Waals surface area contributed by atoms with Crippen LogP contribution in [0.5, 0.6) is 0 Å². The number of hydrogen-bond acceptors (Lipinski definition) is 5. The Hall–Kier alpha value is -2.79. The third-order valence-corrected chi connectivity index (χ3v) is 4.38. The molecular weight excluding hydrogens is 294 g/mol. The number of nitrogens with one attached hydrogen (secondary N) is 1. The van der Waals surface area contributed by atoms with Crippen LogP contribution in [0.4, 0.5) is 5.69 Å². The monoisotopic (exact) mass is 307 g/mol. The number of benzene rings is 2. The zero-order valence-corrected chi connectivity index (χ0v) is 12.4. The molecule has 0 aliphatic heterocycles. The highest BCUT2D eigenvalue weighted by atomic mass is 32.1. The number of aromatic nitrogens is 1. The van der Waals surface area contributed by atoms with E-state index in [4.69, 9.17) is 11.1 Å². The molecule has 0 aliphatic carbocycles. The lowest BCUT2D eigenvalue weighted by Gasteiger charge is -2.03. The van der Waals surface area contributed by atoms with Crippen molar-refractivity contribution in [3.63, 3.8) is 0 Å². The molecule has 0 saturated heterocycles. The highest BCUT2D eigenvalue weighted by Gasteiger charge is 2.17. The molecule has 3 rings (SSSR count). The normalized spacial score (nSPS) is 10.4. The van der Waals surface area contributed by atoms with Gasteiger partial charge in [0.1, 0.15) is 10.7 Å². The average Bonchev–Trinajstić information content (AvgIpc) is 3.00. The van der Waals surface area contributed by atoms with Crippen molar-refractivity contribution in [3.05, 3.63) is 70.9 Å². The summed E-state index contributed by atoms with van der Waals surface area (Å²) in [6, 6.07) is 16.7. The number of carbonyl (C=O) groups excluding carboxylic acids is 1. The maximum absolute atomic E-state index is 11.3. The van der Waals surface area contributed by atoms with Crippen LogP contribution < -0.4 is 5.73 Å². The Morgan fingerprint density at radius 2 is 1.77 bits per heavy atom. The minimum atomic E-state index is 0.230. The van der Waals surface area contributed by atoms with Gasteiger partial charge in [0.2, 0.25) is 0 Å². The Bertz CT molecular complexity index is 840. The summed E-state index contributed by atoms with van der Waals surface area (Å²) in [5.41, 5.74) is 8.56. The summed E-state index contributed by atoms with van der Waals surface area (Å²) >= 11 is 1.33. The summed E-state index contributed by atoms with van der Waals surface area (Å²) in [4.78, 5) is 16.4. The quantitative estimate of drug-likeness (QED) is 0.439. The Kier molecular flexibility index (Phi) is 3.80. The number of rotatable bonds is 4. The fourth-order valence-corrected chi connectivity index (χ4v) is 3.16. The van der Waals surface area contributed by atoms with Gasteiger partial charge in [-0.1, -0.05) is 48.5 Å². The van der Waals surface area contributed by atoms with E-state index in [0.717, 1.165) is 16.7 Å². The van der Waals surface area contributed by atoms with Crippen molar-refractivity contribution in [2.24, 2.45) is 0 Å². The van der Waals surface area contributed by atoms with Crippen LogP contribution in [0.25, 0.3) is 10.4 Å². The molecule has 0 spiro atoms. The van der Waals surface area contributed by atoms with Crippen molar-refractivity contribution in [1.82, 2.24) is 4.98 Å². The van der Waals surface area contributed by atoms with Crippen LogP contribution in [0.2, 0.25) is 0 Å². The van der Waals surface area contributed by atoms with E-state index in [1.807, 2.05) is 42.5 Å². The van der Waals surface area contributed by atoms with Gasteiger partial charge in [-0.2, -0.15) is 0 Å². The molecule has 0 fully saturated rings. The summed E-state index contributed by atoms with van der Waals surface area (Å²) in [7, 11) is 0. The van der Waals surface area contributed by atoms with Gasteiger partial charge in [-0.15, -0.1) is 11.3 Å². The fourth-order valence-electron chi connectivity index (χ4n) is 2.15. The SMILES string of the molecule is N=C(c1nc(C=O)c(-c2ccccc2)s1)c1ccccc1N. The van der Waals surface area contributed by atoms with Gasteiger partial charge < -0.3 is 5.73 Å². The molecule has 0 aliphatic rings. The zero-order valence-electron chi connectivity index (χ0n) is 11.6. The minimum Gasteiger partial charge on any atom is -0.398 e. The highest BCUT2D eigenvalue weighted by Crippen LogP contribution is 2.31. The highest BCUT2D eigenvalue weighted by molar-refractivity contribution is 7.17. The minimum absolute atomic E-state index is 0.230. The number of aldehydes is 1. The number of hydrogen-bond donors (Lipinski definition) is 2. The molecule has 1 aromatic heterocycles. The lowest BCUT2D eigenvalue weighted by atomic mass is 10.1. The fraction of sp³-hybridized carbons (Fsp3) is 0. The number of nitrogens with zero attached hydrogens (tertiary/aromatic N) is 1. The molecule has 22 heavy (non-hydrogen) atoms. The van der Waals surface area contributed by atoms with Crippen molar-refractivity contribution in [3.8, 4) is 10.4 Å². The largest absolute Gasteiger partial charge is 0.398 e. The summed E-state index contributed by atoms with van der Waals surface area (Å²) in [6.45, 7) is 0. The second-order valence-corrected chi connectivity index (χ2v) is 5.68.